The van der Waals surface area contributed by atoms with Crippen LogP contribution < -0.4 is 11.1 Å². The van der Waals surface area contributed by atoms with Crippen molar-refractivity contribution in [2.24, 2.45) is 17.6 Å². The summed E-state index contributed by atoms with van der Waals surface area (Å²) in [5, 5.41) is 11.6. The van der Waals surface area contributed by atoms with E-state index in [1.807, 2.05) is 13.8 Å². The Balaban J connectivity index is 4.56. The second kappa shape index (κ2) is 9.20. The lowest BCUT2D eigenvalue weighted by molar-refractivity contribution is -0.138. The third-order valence-corrected chi connectivity index (χ3v) is 3.02. The molecule has 122 valence electrons. The molecule has 0 rings (SSSR count). The number of primary amides is 1. The van der Waals surface area contributed by atoms with E-state index in [0.29, 0.717) is 12.3 Å². The molecule has 1 atom stereocenters. The Hall–Kier alpha value is -1.79. The van der Waals surface area contributed by atoms with Gasteiger partial charge in [0, 0.05) is 19.0 Å². The zero-order chi connectivity index (χ0) is 16.6. The highest BCUT2D eigenvalue weighted by atomic mass is 16.4. The van der Waals surface area contributed by atoms with Gasteiger partial charge < -0.3 is 21.1 Å². The molecule has 4 N–H and O–H groups in total. The molecule has 0 bridgehead atoms. The molecular formula is C14H27N3O4. The average molecular weight is 301 g/mol. The van der Waals surface area contributed by atoms with Crippen LogP contribution in [-0.4, -0.2) is 47.0 Å². The number of nitrogens with two attached hydrogens (primary N) is 1. The summed E-state index contributed by atoms with van der Waals surface area (Å²) in [5.74, 6) is -1.25. The Morgan fingerprint density at radius 1 is 1.19 bits per heavy atom. The summed E-state index contributed by atoms with van der Waals surface area (Å²) in [6.45, 7) is 7.69. The SMILES string of the molecule is CC(C)C[C@H](CNC(=O)N(CC(N)=O)C(C)C)CC(=O)O. The van der Waals surface area contributed by atoms with E-state index in [1.165, 1.54) is 4.90 Å². The number of carbonyl (C=O) groups excluding carboxylic acids is 2. The van der Waals surface area contributed by atoms with Crippen molar-refractivity contribution < 1.29 is 19.5 Å². The minimum absolute atomic E-state index is 0.00988. The molecule has 0 saturated carbocycles. The van der Waals surface area contributed by atoms with Crippen LogP contribution in [0.1, 0.15) is 40.5 Å². The average Bonchev–Trinajstić information content (AvgIpc) is 2.30. The largest absolute Gasteiger partial charge is 0.481 e. The van der Waals surface area contributed by atoms with Crippen LogP contribution in [0.3, 0.4) is 0 Å². The number of carboxylic acid groups (broad SMARTS) is 1. The fourth-order valence-corrected chi connectivity index (χ4v) is 2.14. The van der Waals surface area contributed by atoms with E-state index in [9.17, 15) is 14.4 Å². The van der Waals surface area contributed by atoms with Crippen LogP contribution in [0.2, 0.25) is 0 Å². The number of carboxylic acids is 1. The van der Waals surface area contributed by atoms with Crippen LogP contribution in [0.15, 0.2) is 0 Å². The van der Waals surface area contributed by atoms with E-state index < -0.39 is 17.9 Å². The number of hydrogen-bond acceptors (Lipinski definition) is 3. The van der Waals surface area contributed by atoms with Crippen LogP contribution in [0.5, 0.6) is 0 Å². The molecule has 0 aromatic rings. The van der Waals surface area contributed by atoms with E-state index >= 15 is 0 Å². The summed E-state index contributed by atoms with van der Waals surface area (Å²) in [4.78, 5) is 35.2. The number of carbonyl (C=O) groups is 3. The summed E-state index contributed by atoms with van der Waals surface area (Å²) in [6, 6.07) is -0.566. The van der Waals surface area contributed by atoms with Gasteiger partial charge in [0.05, 0.1) is 0 Å². The van der Waals surface area contributed by atoms with Crippen LogP contribution >= 0.6 is 0 Å². The standard InChI is InChI=1S/C14H27N3O4/c1-9(2)5-11(6-13(19)20)7-16-14(21)17(10(3)4)8-12(15)18/h9-11H,5-8H2,1-4H3,(H2,15,18)(H,16,21)(H,19,20)/t11-/m0/s1. The monoisotopic (exact) mass is 301 g/mol. The molecule has 7 nitrogen and oxygen atoms in total. The number of amides is 3. The number of nitrogens with one attached hydrogen (secondary N) is 1. The highest BCUT2D eigenvalue weighted by molar-refractivity contribution is 5.83. The fraction of sp³-hybridized carbons (Fsp3) is 0.786. The molecule has 21 heavy (non-hydrogen) atoms. The van der Waals surface area contributed by atoms with Gasteiger partial charge in [-0.15, -0.1) is 0 Å². The number of rotatable bonds is 9. The Morgan fingerprint density at radius 3 is 2.14 bits per heavy atom. The highest BCUT2D eigenvalue weighted by Gasteiger charge is 2.21. The first-order chi connectivity index (χ1) is 9.63. The molecule has 0 saturated heterocycles. The van der Waals surface area contributed by atoms with Gasteiger partial charge in [0.1, 0.15) is 6.54 Å². The van der Waals surface area contributed by atoms with Crippen LogP contribution in [0.25, 0.3) is 0 Å². The smallest absolute Gasteiger partial charge is 0.318 e. The van der Waals surface area contributed by atoms with Crippen molar-refractivity contribution in [3.8, 4) is 0 Å². The van der Waals surface area contributed by atoms with Gasteiger partial charge in [0.2, 0.25) is 5.91 Å². The topological polar surface area (TPSA) is 113 Å². The molecule has 0 radical (unpaired) electrons. The van der Waals surface area contributed by atoms with Gasteiger partial charge in [-0.05, 0) is 32.1 Å². The molecular weight excluding hydrogens is 274 g/mol. The van der Waals surface area contributed by atoms with Gasteiger partial charge >= 0.3 is 12.0 Å². The molecule has 0 aliphatic carbocycles. The molecule has 0 aromatic carbocycles. The van der Waals surface area contributed by atoms with E-state index in [1.54, 1.807) is 13.8 Å². The van der Waals surface area contributed by atoms with Gasteiger partial charge in [0.15, 0.2) is 0 Å². The van der Waals surface area contributed by atoms with E-state index in [2.05, 4.69) is 5.32 Å². The minimum Gasteiger partial charge on any atom is -0.481 e. The summed E-state index contributed by atoms with van der Waals surface area (Å²) < 4.78 is 0. The first-order valence-corrected chi connectivity index (χ1v) is 7.18. The highest BCUT2D eigenvalue weighted by Crippen LogP contribution is 2.15. The Morgan fingerprint density at radius 2 is 1.76 bits per heavy atom. The maximum atomic E-state index is 12.1. The van der Waals surface area contributed by atoms with Crippen molar-refractivity contribution >= 4 is 17.9 Å². The minimum atomic E-state index is -0.882. The van der Waals surface area contributed by atoms with Crippen LogP contribution in [0.4, 0.5) is 4.79 Å². The van der Waals surface area contributed by atoms with Crippen molar-refractivity contribution in [3.63, 3.8) is 0 Å². The zero-order valence-corrected chi connectivity index (χ0v) is 13.3. The van der Waals surface area contributed by atoms with Crippen LogP contribution in [0, 0.1) is 11.8 Å². The van der Waals surface area contributed by atoms with Gasteiger partial charge in [-0.25, -0.2) is 4.79 Å². The van der Waals surface area contributed by atoms with Crippen molar-refractivity contribution in [2.45, 2.75) is 46.6 Å². The van der Waals surface area contributed by atoms with Crippen molar-refractivity contribution in [2.75, 3.05) is 13.1 Å². The Labute approximate surface area is 125 Å². The first kappa shape index (κ1) is 19.2. The predicted octanol–water partition coefficient (Wildman–Crippen LogP) is 1.03. The molecule has 0 aromatic heterocycles. The summed E-state index contributed by atoms with van der Waals surface area (Å²) in [5.41, 5.74) is 5.12. The lowest BCUT2D eigenvalue weighted by Gasteiger charge is -2.27. The molecule has 3 amide bonds. The third-order valence-electron chi connectivity index (χ3n) is 3.02. The van der Waals surface area contributed by atoms with E-state index in [4.69, 9.17) is 10.8 Å². The van der Waals surface area contributed by atoms with Crippen molar-refractivity contribution in [1.29, 1.82) is 0 Å². The van der Waals surface area contributed by atoms with E-state index in [-0.39, 0.29) is 31.5 Å². The fourth-order valence-electron chi connectivity index (χ4n) is 2.14. The quantitative estimate of drug-likeness (QED) is 0.590. The van der Waals surface area contributed by atoms with Crippen molar-refractivity contribution in [1.82, 2.24) is 10.2 Å². The predicted molar refractivity (Wildman–Crippen MR) is 79.6 cm³/mol. The summed E-state index contributed by atoms with van der Waals surface area (Å²) in [7, 11) is 0. The maximum Gasteiger partial charge on any atom is 0.318 e. The maximum absolute atomic E-state index is 12.1. The normalized spacial score (nSPS) is 12.3. The summed E-state index contributed by atoms with van der Waals surface area (Å²) in [6.07, 6.45) is 0.722. The second-order valence-electron chi connectivity index (χ2n) is 5.97. The molecule has 0 heterocycles. The second-order valence-corrected chi connectivity index (χ2v) is 5.97. The lowest BCUT2D eigenvalue weighted by atomic mass is 9.94. The molecule has 0 unspecified atom stereocenters. The number of hydrogen-bond donors (Lipinski definition) is 3. The number of aliphatic carboxylic acids is 1. The lowest BCUT2D eigenvalue weighted by Crippen LogP contribution is -2.48. The molecule has 0 spiro atoms. The van der Waals surface area contributed by atoms with Crippen molar-refractivity contribution in [3.05, 3.63) is 0 Å². The van der Waals surface area contributed by atoms with E-state index in [0.717, 1.165) is 0 Å². The van der Waals surface area contributed by atoms with Gasteiger partial charge in [-0.2, -0.15) is 0 Å². The Kier molecular flexibility index (Phi) is 8.42. The van der Waals surface area contributed by atoms with Gasteiger partial charge in [0.25, 0.3) is 0 Å². The molecule has 0 aliphatic heterocycles. The molecule has 0 fully saturated rings. The summed E-state index contributed by atoms with van der Waals surface area (Å²) >= 11 is 0. The third kappa shape index (κ3) is 8.88. The van der Waals surface area contributed by atoms with Gasteiger partial charge in [-0.1, -0.05) is 13.8 Å². The molecule has 7 heteroatoms. The molecule has 0 aliphatic rings. The Bertz CT molecular complexity index is 369. The number of urea groups is 1. The first-order valence-electron chi connectivity index (χ1n) is 7.18. The zero-order valence-electron chi connectivity index (χ0n) is 13.3. The number of nitrogens with zero attached hydrogens (tertiary/aromatic N) is 1. The van der Waals surface area contributed by atoms with Crippen LogP contribution in [-0.2, 0) is 9.59 Å². The van der Waals surface area contributed by atoms with Gasteiger partial charge in [-0.3, -0.25) is 9.59 Å².